The van der Waals surface area contributed by atoms with Crippen LogP contribution >= 0.6 is 11.8 Å². The third-order valence-electron chi connectivity index (χ3n) is 2.66. The van der Waals surface area contributed by atoms with Gasteiger partial charge in [-0.2, -0.15) is 0 Å². The highest BCUT2D eigenvalue weighted by atomic mass is 32.2. The van der Waals surface area contributed by atoms with Crippen molar-refractivity contribution < 1.29 is 0 Å². The summed E-state index contributed by atoms with van der Waals surface area (Å²) in [4.78, 5) is 5.64. The molecule has 0 saturated carbocycles. The smallest absolute Gasteiger partial charge is 0.130 e. The Bertz CT molecular complexity index is 484. The van der Waals surface area contributed by atoms with E-state index in [9.17, 15) is 0 Å². The van der Waals surface area contributed by atoms with Gasteiger partial charge in [0.25, 0.3) is 0 Å². The predicted molar refractivity (Wildman–Crippen MR) is 67.8 cm³/mol. The highest BCUT2D eigenvalue weighted by molar-refractivity contribution is 7.99. The van der Waals surface area contributed by atoms with Crippen molar-refractivity contribution in [3.63, 3.8) is 0 Å². The molecule has 3 heteroatoms. The summed E-state index contributed by atoms with van der Waals surface area (Å²) >= 11 is 1.89. The van der Waals surface area contributed by atoms with Crippen LogP contribution in [0.25, 0.3) is 0 Å². The van der Waals surface area contributed by atoms with Crippen LogP contribution in [0.5, 0.6) is 0 Å². The van der Waals surface area contributed by atoms with Crippen molar-refractivity contribution in [3.05, 3.63) is 54.2 Å². The number of benzene rings is 1. The molecule has 0 spiro atoms. The van der Waals surface area contributed by atoms with Crippen LogP contribution in [-0.2, 0) is 0 Å². The molecule has 1 atom stereocenters. The number of aromatic nitrogens is 1. The van der Waals surface area contributed by atoms with Crippen molar-refractivity contribution in [1.29, 1.82) is 0 Å². The first-order valence-electron chi connectivity index (χ1n) is 5.34. The minimum Gasteiger partial charge on any atom is -0.368 e. The van der Waals surface area contributed by atoms with Gasteiger partial charge in [-0.25, -0.2) is 4.98 Å². The van der Waals surface area contributed by atoms with Gasteiger partial charge in [-0.3, -0.25) is 0 Å². The largest absolute Gasteiger partial charge is 0.368 e. The van der Waals surface area contributed by atoms with E-state index in [1.807, 2.05) is 30.1 Å². The molecular weight excluding hydrogens is 216 g/mol. The monoisotopic (exact) mass is 228 g/mol. The van der Waals surface area contributed by atoms with E-state index in [2.05, 4.69) is 40.6 Å². The Labute approximate surface area is 99.1 Å². The highest BCUT2D eigenvalue weighted by Crippen LogP contribution is 2.41. The maximum absolute atomic E-state index is 4.33. The summed E-state index contributed by atoms with van der Waals surface area (Å²) in [5, 5.41) is 3.82. The molecule has 1 aliphatic rings. The third kappa shape index (κ3) is 1.78. The number of fused-ring (bicyclic) bond motifs is 1. The molecule has 1 aliphatic heterocycles. The Hall–Kier alpha value is -1.48. The second-order valence-corrected chi connectivity index (χ2v) is 5.02. The number of hydrogen-bond donors (Lipinski definition) is 1. The topological polar surface area (TPSA) is 24.9 Å². The number of anilines is 1. The van der Waals surface area contributed by atoms with Crippen molar-refractivity contribution in [2.24, 2.45) is 0 Å². The number of rotatable bonds is 2. The summed E-state index contributed by atoms with van der Waals surface area (Å²) in [7, 11) is 0. The summed E-state index contributed by atoms with van der Waals surface area (Å²) in [5.74, 6) is 1.04. The SMILES string of the molecule is c1ccc(SC2CNc3ncccc32)cc1. The fraction of sp³-hybridized carbons (Fsp3) is 0.154. The van der Waals surface area contributed by atoms with Gasteiger partial charge in [-0.1, -0.05) is 24.3 Å². The quantitative estimate of drug-likeness (QED) is 0.853. The molecule has 3 rings (SSSR count). The maximum Gasteiger partial charge on any atom is 0.130 e. The molecule has 1 aromatic carbocycles. The van der Waals surface area contributed by atoms with Crippen LogP contribution in [0.3, 0.4) is 0 Å². The average Bonchev–Trinajstić information content (AvgIpc) is 2.74. The summed E-state index contributed by atoms with van der Waals surface area (Å²) in [6, 6.07) is 14.7. The zero-order chi connectivity index (χ0) is 10.8. The lowest BCUT2D eigenvalue weighted by Gasteiger charge is -2.08. The second kappa shape index (κ2) is 4.18. The molecule has 0 fully saturated rings. The summed E-state index contributed by atoms with van der Waals surface area (Å²) in [5.41, 5.74) is 1.32. The van der Waals surface area contributed by atoms with Crippen molar-refractivity contribution in [1.82, 2.24) is 4.98 Å². The number of nitrogens with one attached hydrogen (secondary N) is 1. The fourth-order valence-electron chi connectivity index (χ4n) is 1.89. The highest BCUT2D eigenvalue weighted by Gasteiger charge is 2.23. The van der Waals surface area contributed by atoms with Crippen LogP contribution in [0.2, 0.25) is 0 Å². The molecule has 0 amide bonds. The Morgan fingerprint density at radius 1 is 1.12 bits per heavy atom. The summed E-state index contributed by atoms with van der Waals surface area (Å²) in [6.45, 7) is 0.964. The van der Waals surface area contributed by atoms with Crippen LogP contribution in [0, 0.1) is 0 Å². The first-order chi connectivity index (χ1) is 7.93. The number of hydrogen-bond acceptors (Lipinski definition) is 3. The molecule has 0 bridgehead atoms. The van der Waals surface area contributed by atoms with E-state index in [1.54, 1.807) is 0 Å². The number of thioether (sulfide) groups is 1. The zero-order valence-corrected chi connectivity index (χ0v) is 9.58. The van der Waals surface area contributed by atoms with Crippen molar-refractivity contribution in [3.8, 4) is 0 Å². The van der Waals surface area contributed by atoms with Gasteiger partial charge in [-0.15, -0.1) is 11.8 Å². The first-order valence-corrected chi connectivity index (χ1v) is 6.22. The van der Waals surface area contributed by atoms with Gasteiger partial charge in [-0.05, 0) is 18.2 Å². The maximum atomic E-state index is 4.33. The third-order valence-corrected chi connectivity index (χ3v) is 3.91. The minimum absolute atomic E-state index is 0.478. The molecule has 0 radical (unpaired) electrons. The van der Waals surface area contributed by atoms with Crippen molar-refractivity contribution >= 4 is 17.6 Å². The molecule has 2 aromatic rings. The van der Waals surface area contributed by atoms with Gasteiger partial charge in [0.1, 0.15) is 5.82 Å². The van der Waals surface area contributed by atoms with Gasteiger partial charge in [0.05, 0.1) is 5.25 Å². The lowest BCUT2D eigenvalue weighted by atomic mass is 10.2. The predicted octanol–water partition coefficient (Wildman–Crippen LogP) is 3.34. The van der Waals surface area contributed by atoms with Crippen LogP contribution in [0.4, 0.5) is 5.82 Å². The van der Waals surface area contributed by atoms with Gasteiger partial charge in [0, 0.05) is 23.2 Å². The minimum atomic E-state index is 0.478. The molecule has 16 heavy (non-hydrogen) atoms. The molecule has 2 nitrogen and oxygen atoms in total. The van der Waals surface area contributed by atoms with Crippen molar-refractivity contribution in [2.45, 2.75) is 10.1 Å². The van der Waals surface area contributed by atoms with Gasteiger partial charge in [0.2, 0.25) is 0 Å². The Balaban J connectivity index is 1.84. The molecule has 1 aromatic heterocycles. The average molecular weight is 228 g/mol. The Morgan fingerprint density at radius 3 is 2.88 bits per heavy atom. The van der Waals surface area contributed by atoms with E-state index in [1.165, 1.54) is 10.5 Å². The lowest BCUT2D eigenvalue weighted by molar-refractivity contribution is 1.07. The zero-order valence-electron chi connectivity index (χ0n) is 8.76. The standard InChI is InChI=1S/C13H12N2S/c1-2-5-10(6-3-1)16-12-9-15-13-11(12)7-4-8-14-13/h1-8,12H,9H2,(H,14,15). The summed E-state index contributed by atoms with van der Waals surface area (Å²) < 4.78 is 0. The van der Waals surface area contributed by atoms with E-state index in [0.29, 0.717) is 5.25 Å². The molecule has 0 saturated heterocycles. The van der Waals surface area contributed by atoms with Crippen molar-refractivity contribution in [2.75, 3.05) is 11.9 Å². The van der Waals surface area contributed by atoms with Gasteiger partial charge < -0.3 is 5.32 Å². The van der Waals surface area contributed by atoms with Gasteiger partial charge >= 0.3 is 0 Å². The number of pyridine rings is 1. The van der Waals surface area contributed by atoms with Crippen LogP contribution in [0.15, 0.2) is 53.6 Å². The first kappa shape index (κ1) is 9.73. The van der Waals surface area contributed by atoms with Gasteiger partial charge in [0.15, 0.2) is 0 Å². The van der Waals surface area contributed by atoms with E-state index in [4.69, 9.17) is 0 Å². The normalized spacial score (nSPS) is 17.9. The Kier molecular flexibility index (Phi) is 2.54. The van der Waals surface area contributed by atoms with E-state index in [-0.39, 0.29) is 0 Å². The molecule has 1 unspecified atom stereocenters. The van der Waals surface area contributed by atoms with E-state index in [0.717, 1.165) is 12.4 Å². The molecule has 0 aliphatic carbocycles. The summed E-state index contributed by atoms with van der Waals surface area (Å²) in [6.07, 6.45) is 1.83. The van der Waals surface area contributed by atoms with E-state index >= 15 is 0 Å². The Morgan fingerprint density at radius 2 is 2.00 bits per heavy atom. The van der Waals surface area contributed by atoms with E-state index < -0.39 is 0 Å². The molecular formula is C13H12N2S. The lowest BCUT2D eigenvalue weighted by Crippen LogP contribution is -1.97. The second-order valence-electron chi connectivity index (χ2n) is 3.74. The molecule has 80 valence electrons. The molecule has 1 N–H and O–H groups in total. The number of nitrogens with zero attached hydrogens (tertiary/aromatic N) is 1. The van der Waals surface area contributed by atoms with Crippen LogP contribution in [0.1, 0.15) is 10.8 Å². The molecule has 2 heterocycles. The van der Waals surface area contributed by atoms with Crippen LogP contribution in [-0.4, -0.2) is 11.5 Å². The fourth-order valence-corrected chi connectivity index (χ4v) is 3.02. The van der Waals surface area contributed by atoms with Crippen LogP contribution < -0.4 is 5.32 Å².